The van der Waals surface area contributed by atoms with Gasteiger partial charge >= 0.3 is 0 Å². The van der Waals surface area contributed by atoms with Crippen LogP contribution in [-0.4, -0.2) is 20.5 Å². The van der Waals surface area contributed by atoms with Crippen LogP contribution in [0.5, 0.6) is 0 Å². The molecular formula is C21H18N4O. The lowest BCUT2D eigenvalue weighted by atomic mass is 10.0. The number of nitrogens with zero attached hydrogens (tertiary/aromatic N) is 3. The van der Waals surface area contributed by atoms with Crippen molar-refractivity contribution in [3.8, 4) is 11.1 Å². The highest BCUT2D eigenvalue weighted by Gasteiger charge is 2.16. The smallest absolute Gasteiger partial charge is 0.251 e. The Hall–Kier alpha value is -3.47. The highest BCUT2D eigenvalue weighted by Crippen LogP contribution is 2.20. The maximum atomic E-state index is 12.6. The molecule has 0 aliphatic carbocycles. The van der Waals surface area contributed by atoms with E-state index in [-0.39, 0.29) is 11.9 Å². The van der Waals surface area contributed by atoms with E-state index < -0.39 is 0 Å². The molecule has 0 aliphatic heterocycles. The second-order valence-corrected chi connectivity index (χ2v) is 6.13. The standard InChI is InChI=1S/C21H18N4O/c1-15(20-24-23-19-9-5-6-14-25(19)20)22-21(26)18-12-10-17(11-13-18)16-7-3-2-4-8-16/h2-15H,1H3,(H,22,26). The van der Waals surface area contributed by atoms with E-state index in [0.717, 1.165) is 16.8 Å². The maximum absolute atomic E-state index is 12.6. The van der Waals surface area contributed by atoms with Gasteiger partial charge in [-0.05, 0) is 42.3 Å². The van der Waals surface area contributed by atoms with Crippen LogP contribution in [0.4, 0.5) is 0 Å². The van der Waals surface area contributed by atoms with Crippen molar-refractivity contribution in [1.82, 2.24) is 19.9 Å². The van der Waals surface area contributed by atoms with Crippen LogP contribution >= 0.6 is 0 Å². The van der Waals surface area contributed by atoms with Crippen molar-refractivity contribution < 1.29 is 4.79 Å². The molecule has 0 spiro atoms. The van der Waals surface area contributed by atoms with Crippen molar-refractivity contribution in [3.63, 3.8) is 0 Å². The molecule has 2 aromatic carbocycles. The zero-order chi connectivity index (χ0) is 17.9. The van der Waals surface area contributed by atoms with E-state index in [1.807, 2.05) is 90.3 Å². The number of hydrogen-bond donors (Lipinski definition) is 1. The van der Waals surface area contributed by atoms with Gasteiger partial charge in [0.2, 0.25) is 0 Å². The fraction of sp³-hybridized carbons (Fsp3) is 0.0952. The van der Waals surface area contributed by atoms with Crippen LogP contribution in [-0.2, 0) is 0 Å². The fourth-order valence-corrected chi connectivity index (χ4v) is 2.94. The van der Waals surface area contributed by atoms with Crippen LogP contribution in [0.2, 0.25) is 0 Å². The van der Waals surface area contributed by atoms with Crippen LogP contribution in [0, 0.1) is 0 Å². The number of aromatic nitrogens is 3. The molecule has 1 atom stereocenters. The first kappa shape index (κ1) is 16.0. The Bertz CT molecular complexity index is 1040. The molecule has 2 aromatic heterocycles. The summed E-state index contributed by atoms with van der Waals surface area (Å²) in [5, 5.41) is 11.3. The van der Waals surface area contributed by atoms with Crippen LogP contribution in [0.3, 0.4) is 0 Å². The summed E-state index contributed by atoms with van der Waals surface area (Å²) in [5.74, 6) is 0.569. The summed E-state index contributed by atoms with van der Waals surface area (Å²) in [6.45, 7) is 1.90. The van der Waals surface area contributed by atoms with E-state index in [4.69, 9.17) is 0 Å². The first-order chi connectivity index (χ1) is 12.7. The van der Waals surface area contributed by atoms with Crippen molar-refractivity contribution in [2.24, 2.45) is 0 Å². The molecular weight excluding hydrogens is 324 g/mol. The molecule has 26 heavy (non-hydrogen) atoms. The number of pyridine rings is 1. The molecule has 5 heteroatoms. The lowest BCUT2D eigenvalue weighted by Crippen LogP contribution is -2.27. The lowest BCUT2D eigenvalue weighted by molar-refractivity contribution is 0.0938. The second-order valence-electron chi connectivity index (χ2n) is 6.13. The number of rotatable bonds is 4. The molecule has 128 valence electrons. The van der Waals surface area contributed by atoms with Crippen molar-refractivity contribution in [2.45, 2.75) is 13.0 Å². The van der Waals surface area contributed by atoms with Crippen molar-refractivity contribution in [2.75, 3.05) is 0 Å². The second kappa shape index (κ2) is 6.80. The highest BCUT2D eigenvalue weighted by molar-refractivity contribution is 5.94. The van der Waals surface area contributed by atoms with Crippen LogP contribution < -0.4 is 5.32 Å². The summed E-state index contributed by atoms with van der Waals surface area (Å²) < 4.78 is 1.88. The molecule has 5 nitrogen and oxygen atoms in total. The van der Waals surface area contributed by atoms with Gasteiger partial charge in [-0.15, -0.1) is 10.2 Å². The molecule has 2 heterocycles. The topological polar surface area (TPSA) is 59.3 Å². The zero-order valence-corrected chi connectivity index (χ0v) is 14.3. The van der Waals surface area contributed by atoms with Gasteiger partial charge in [0.1, 0.15) is 0 Å². The summed E-state index contributed by atoms with van der Waals surface area (Å²) in [5.41, 5.74) is 3.59. The Morgan fingerprint density at radius 2 is 1.58 bits per heavy atom. The third-order valence-corrected chi connectivity index (χ3v) is 4.33. The summed E-state index contributed by atoms with van der Waals surface area (Å²) in [6, 6.07) is 23.1. The van der Waals surface area contributed by atoms with Gasteiger partial charge in [-0.2, -0.15) is 0 Å². The molecule has 4 rings (SSSR count). The van der Waals surface area contributed by atoms with Gasteiger partial charge in [0, 0.05) is 11.8 Å². The first-order valence-corrected chi connectivity index (χ1v) is 8.48. The zero-order valence-electron chi connectivity index (χ0n) is 14.3. The minimum atomic E-state index is -0.256. The number of nitrogens with one attached hydrogen (secondary N) is 1. The third kappa shape index (κ3) is 3.07. The van der Waals surface area contributed by atoms with E-state index in [0.29, 0.717) is 11.4 Å². The van der Waals surface area contributed by atoms with Crippen LogP contribution in [0.1, 0.15) is 29.1 Å². The van der Waals surface area contributed by atoms with Gasteiger partial charge in [-0.25, -0.2) is 0 Å². The molecule has 0 radical (unpaired) electrons. The Labute approximate surface area is 151 Å². The number of carbonyl (C=O) groups is 1. The average Bonchev–Trinajstić information content (AvgIpc) is 3.13. The quantitative estimate of drug-likeness (QED) is 0.612. The van der Waals surface area contributed by atoms with E-state index >= 15 is 0 Å². The Kier molecular flexibility index (Phi) is 4.19. The van der Waals surface area contributed by atoms with Gasteiger partial charge in [0.15, 0.2) is 11.5 Å². The van der Waals surface area contributed by atoms with E-state index in [2.05, 4.69) is 15.5 Å². The van der Waals surface area contributed by atoms with Crippen LogP contribution in [0.15, 0.2) is 79.0 Å². The van der Waals surface area contributed by atoms with Crippen LogP contribution in [0.25, 0.3) is 16.8 Å². The van der Waals surface area contributed by atoms with Gasteiger partial charge in [0.25, 0.3) is 5.91 Å². The number of benzene rings is 2. The Morgan fingerprint density at radius 1 is 0.885 bits per heavy atom. The predicted molar refractivity (Wildman–Crippen MR) is 101 cm³/mol. The van der Waals surface area contributed by atoms with E-state index in [9.17, 15) is 4.79 Å². The molecule has 1 N–H and O–H groups in total. The van der Waals surface area contributed by atoms with Gasteiger partial charge in [-0.3, -0.25) is 9.20 Å². The van der Waals surface area contributed by atoms with Crippen molar-refractivity contribution >= 4 is 11.6 Å². The summed E-state index contributed by atoms with van der Waals surface area (Å²) in [6.07, 6.45) is 1.89. The van der Waals surface area contributed by atoms with Crippen molar-refractivity contribution in [1.29, 1.82) is 0 Å². The normalized spacial score (nSPS) is 12.0. The predicted octanol–water partition coefficient (Wildman–Crippen LogP) is 3.89. The maximum Gasteiger partial charge on any atom is 0.251 e. The molecule has 1 unspecified atom stereocenters. The largest absolute Gasteiger partial charge is 0.342 e. The minimum Gasteiger partial charge on any atom is -0.342 e. The van der Waals surface area contributed by atoms with Gasteiger partial charge < -0.3 is 5.32 Å². The van der Waals surface area contributed by atoms with Crippen molar-refractivity contribution in [3.05, 3.63) is 90.4 Å². The molecule has 0 fully saturated rings. The Morgan fingerprint density at radius 3 is 2.35 bits per heavy atom. The highest BCUT2D eigenvalue weighted by atomic mass is 16.1. The summed E-state index contributed by atoms with van der Waals surface area (Å²) in [4.78, 5) is 12.6. The molecule has 0 bridgehead atoms. The lowest BCUT2D eigenvalue weighted by Gasteiger charge is -2.12. The number of fused-ring (bicyclic) bond motifs is 1. The summed E-state index contributed by atoms with van der Waals surface area (Å²) in [7, 11) is 0. The monoisotopic (exact) mass is 342 g/mol. The molecule has 1 amide bonds. The molecule has 0 saturated carbocycles. The van der Waals surface area contributed by atoms with E-state index in [1.165, 1.54) is 0 Å². The van der Waals surface area contributed by atoms with E-state index in [1.54, 1.807) is 0 Å². The molecule has 4 aromatic rings. The molecule has 0 saturated heterocycles. The Balaban J connectivity index is 1.51. The number of hydrogen-bond acceptors (Lipinski definition) is 3. The number of amides is 1. The van der Waals surface area contributed by atoms with Gasteiger partial charge in [0.05, 0.1) is 6.04 Å². The number of carbonyl (C=O) groups excluding carboxylic acids is 1. The molecule has 0 aliphatic rings. The average molecular weight is 342 g/mol. The third-order valence-electron chi connectivity index (χ3n) is 4.33. The first-order valence-electron chi connectivity index (χ1n) is 8.48. The SMILES string of the molecule is CC(NC(=O)c1ccc(-c2ccccc2)cc1)c1nnc2ccccn12. The summed E-state index contributed by atoms with van der Waals surface area (Å²) >= 11 is 0. The minimum absolute atomic E-state index is 0.134. The van der Waals surface area contributed by atoms with Gasteiger partial charge in [-0.1, -0.05) is 48.5 Å². The fourth-order valence-electron chi connectivity index (χ4n) is 2.94.